The number of halogens is 2. The summed E-state index contributed by atoms with van der Waals surface area (Å²) in [5.74, 6) is -6.15. The van der Waals surface area contributed by atoms with Gasteiger partial charge in [-0.05, 0) is 37.3 Å². The normalized spacial score (nSPS) is 29.0. The van der Waals surface area contributed by atoms with Crippen molar-refractivity contribution in [2.75, 3.05) is 13.7 Å². The molecule has 0 radical (unpaired) electrons. The Labute approximate surface area is 260 Å². The Morgan fingerprint density at radius 1 is 1.13 bits per heavy atom. The van der Waals surface area contributed by atoms with Crippen molar-refractivity contribution < 1.29 is 42.2 Å². The van der Waals surface area contributed by atoms with Crippen LogP contribution in [0.5, 0.6) is 11.6 Å². The molecule has 1 N–H and O–H groups in total. The lowest BCUT2D eigenvalue weighted by Gasteiger charge is -2.35. The van der Waals surface area contributed by atoms with Crippen molar-refractivity contribution in [3.05, 3.63) is 23.9 Å². The summed E-state index contributed by atoms with van der Waals surface area (Å²) in [5, 5.41) is 2.65. The lowest BCUT2D eigenvalue weighted by molar-refractivity contribution is -0.144. The molecule has 2 bridgehead atoms. The molecule has 3 aliphatic rings. The zero-order chi connectivity index (χ0) is 32.8. The van der Waals surface area contributed by atoms with Gasteiger partial charge in [0.15, 0.2) is 5.78 Å². The van der Waals surface area contributed by atoms with E-state index in [0.717, 1.165) is 0 Å². The number of aryl methyl sites for hydroxylation is 1. The fourth-order valence-electron chi connectivity index (χ4n) is 6.30. The first-order valence-corrected chi connectivity index (χ1v) is 15.3. The molecule has 0 unspecified atom stereocenters. The molecule has 1 aliphatic carbocycles. The van der Waals surface area contributed by atoms with E-state index in [1.54, 1.807) is 39.0 Å². The minimum absolute atomic E-state index is 0.0124. The highest BCUT2D eigenvalue weighted by molar-refractivity contribution is 5.93. The summed E-state index contributed by atoms with van der Waals surface area (Å²) in [6.45, 7) is 8.58. The van der Waals surface area contributed by atoms with Crippen molar-refractivity contribution >= 4 is 34.6 Å². The van der Waals surface area contributed by atoms with Crippen LogP contribution in [0.3, 0.4) is 0 Å². The number of fused-ring (bicyclic) bond motifs is 5. The molecule has 1 saturated carbocycles. The molecule has 1 aromatic heterocycles. The number of nitrogens with zero attached hydrogens (tertiary/aromatic N) is 3. The molecule has 45 heavy (non-hydrogen) atoms. The number of aromatic nitrogens is 2. The third kappa shape index (κ3) is 6.72. The van der Waals surface area contributed by atoms with Crippen molar-refractivity contribution in [1.82, 2.24) is 20.2 Å². The second kappa shape index (κ2) is 12.1. The monoisotopic (exact) mass is 630 g/mol. The average molecular weight is 631 g/mol. The van der Waals surface area contributed by atoms with Gasteiger partial charge in [-0.15, -0.1) is 0 Å². The molecular weight excluding hydrogens is 590 g/mol. The molecule has 244 valence electrons. The van der Waals surface area contributed by atoms with Crippen LogP contribution < -0.4 is 14.8 Å². The molecule has 6 atom stereocenters. The van der Waals surface area contributed by atoms with Gasteiger partial charge in [-0.25, -0.2) is 14.8 Å². The average Bonchev–Trinajstić information content (AvgIpc) is 3.58. The molecule has 2 amide bonds. The van der Waals surface area contributed by atoms with Gasteiger partial charge < -0.3 is 24.4 Å². The highest BCUT2D eigenvalue weighted by atomic mass is 19.3. The number of alkyl halides is 2. The van der Waals surface area contributed by atoms with Gasteiger partial charge in [0.05, 0.1) is 30.7 Å². The molecule has 2 aromatic rings. The Morgan fingerprint density at radius 3 is 2.51 bits per heavy atom. The number of methoxy groups -OCH3 is 1. The van der Waals surface area contributed by atoms with Crippen LogP contribution >= 0.6 is 0 Å². The first kappa shape index (κ1) is 32.5. The van der Waals surface area contributed by atoms with Crippen LogP contribution in [0.1, 0.15) is 66.0 Å². The summed E-state index contributed by atoms with van der Waals surface area (Å²) in [7, 11) is 1.50. The van der Waals surface area contributed by atoms with Crippen molar-refractivity contribution in [2.24, 2.45) is 17.3 Å². The van der Waals surface area contributed by atoms with Crippen LogP contribution in [-0.4, -0.2) is 82.3 Å². The SMILES string of the molecule is CC[C@@H]1[C@@H]2CN(C(=O)[C@H](C(C)(C)C)NC(=O)O[C@@H]3C[C@H]3CC(=O)C(F)(F)CCc3nc4ccc(OC)cc4nc3O2)[C@@H]1C(C)=O. The van der Waals surface area contributed by atoms with Gasteiger partial charge in [0, 0.05) is 37.2 Å². The zero-order valence-electron chi connectivity index (χ0n) is 26.4. The van der Waals surface area contributed by atoms with Crippen LogP contribution in [-0.2, 0) is 25.5 Å². The molecule has 3 heterocycles. The number of nitrogens with one attached hydrogen (secondary N) is 1. The van der Waals surface area contributed by atoms with E-state index < -0.39 is 78.1 Å². The maximum Gasteiger partial charge on any atom is 0.408 e. The Morgan fingerprint density at radius 2 is 1.87 bits per heavy atom. The quantitative estimate of drug-likeness (QED) is 0.527. The third-order valence-corrected chi connectivity index (χ3v) is 8.96. The minimum Gasteiger partial charge on any atom is -0.497 e. The number of carbonyl (C=O) groups is 4. The van der Waals surface area contributed by atoms with E-state index in [1.807, 2.05) is 6.92 Å². The Bertz CT molecular complexity index is 1510. The molecule has 1 aromatic carbocycles. The summed E-state index contributed by atoms with van der Waals surface area (Å²) < 4.78 is 47.5. The Balaban J connectivity index is 1.59. The lowest BCUT2D eigenvalue weighted by atomic mass is 9.85. The van der Waals surface area contributed by atoms with Gasteiger partial charge >= 0.3 is 12.0 Å². The van der Waals surface area contributed by atoms with Gasteiger partial charge in [0.25, 0.3) is 0 Å². The standard InChI is InChI=1S/C32H40F2N4O7/c1-7-19-24-15-38(26(19)16(2)39)29(41)27(31(3,4)5)37-30(42)45-23-12-17(23)13-25(40)32(33,34)11-10-21-28(44-24)36-22-14-18(43-6)8-9-20(22)35-21/h8-9,14,17,19,23-24,26-27H,7,10-13,15H2,1-6H3,(H,37,42)/t17-,19+,23+,24-,26+,27+/m0/s1. The highest BCUT2D eigenvalue weighted by Gasteiger charge is 2.51. The van der Waals surface area contributed by atoms with E-state index in [4.69, 9.17) is 14.2 Å². The summed E-state index contributed by atoms with van der Waals surface area (Å²) in [6, 6.07) is 3.03. The van der Waals surface area contributed by atoms with E-state index >= 15 is 8.78 Å². The van der Waals surface area contributed by atoms with Gasteiger partial charge in [-0.3, -0.25) is 14.4 Å². The molecule has 2 aliphatic heterocycles. The number of ketones is 2. The van der Waals surface area contributed by atoms with E-state index in [1.165, 1.54) is 18.9 Å². The van der Waals surface area contributed by atoms with Crippen molar-refractivity contribution in [3.63, 3.8) is 0 Å². The summed E-state index contributed by atoms with van der Waals surface area (Å²) >= 11 is 0. The van der Waals surface area contributed by atoms with Crippen LogP contribution in [0, 0.1) is 17.3 Å². The smallest absolute Gasteiger partial charge is 0.408 e. The highest BCUT2D eigenvalue weighted by Crippen LogP contribution is 2.41. The second-order valence-corrected chi connectivity index (χ2v) is 13.3. The number of benzene rings is 1. The van der Waals surface area contributed by atoms with Crippen molar-refractivity contribution in [2.45, 2.75) is 96.9 Å². The number of hydrogen-bond donors (Lipinski definition) is 1. The molecular formula is C32H40F2N4O7. The van der Waals surface area contributed by atoms with E-state index in [-0.39, 0.29) is 36.7 Å². The first-order chi connectivity index (χ1) is 21.1. The van der Waals surface area contributed by atoms with Gasteiger partial charge in [0.1, 0.15) is 29.7 Å². The number of amides is 2. The number of carbonyl (C=O) groups excluding carboxylic acids is 4. The Hall–Kier alpha value is -3.90. The predicted octanol–water partition coefficient (Wildman–Crippen LogP) is 4.28. The van der Waals surface area contributed by atoms with E-state index in [2.05, 4.69) is 15.3 Å². The number of Topliss-reactive ketones (excluding diaryl/α,β-unsaturated/α-hetero) is 2. The van der Waals surface area contributed by atoms with Crippen LogP contribution in [0.15, 0.2) is 18.2 Å². The number of hydrogen-bond acceptors (Lipinski definition) is 9. The topological polar surface area (TPSA) is 137 Å². The maximum absolute atomic E-state index is 15.2. The van der Waals surface area contributed by atoms with Crippen molar-refractivity contribution in [3.8, 4) is 11.6 Å². The predicted molar refractivity (Wildman–Crippen MR) is 158 cm³/mol. The van der Waals surface area contributed by atoms with Crippen molar-refractivity contribution in [1.29, 1.82) is 0 Å². The summed E-state index contributed by atoms with van der Waals surface area (Å²) in [6.07, 6.45) is -3.22. The third-order valence-electron chi connectivity index (χ3n) is 8.96. The zero-order valence-corrected chi connectivity index (χ0v) is 26.4. The first-order valence-electron chi connectivity index (χ1n) is 15.3. The molecule has 0 spiro atoms. The maximum atomic E-state index is 15.2. The van der Waals surface area contributed by atoms with Gasteiger partial charge in [0.2, 0.25) is 17.6 Å². The fourth-order valence-corrected chi connectivity index (χ4v) is 6.30. The van der Waals surface area contributed by atoms with E-state index in [0.29, 0.717) is 23.2 Å². The number of ether oxygens (including phenoxy) is 3. The lowest BCUT2D eigenvalue weighted by Crippen LogP contribution is -2.57. The van der Waals surface area contributed by atoms with E-state index in [9.17, 15) is 19.2 Å². The summed E-state index contributed by atoms with van der Waals surface area (Å²) in [4.78, 5) is 63.4. The molecule has 5 rings (SSSR count). The molecule has 13 heteroatoms. The Kier molecular flexibility index (Phi) is 8.76. The van der Waals surface area contributed by atoms with Crippen LogP contribution in [0.2, 0.25) is 0 Å². The fraction of sp³-hybridized carbons (Fsp3) is 0.625. The second-order valence-electron chi connectivity index (χ2n) is 13.3. The number of rotatable bonds is 3. The summed E-state index contributed by atoms with van der Waals surface area (Å²) in [5.41, 5.74) is 0.174. The van der Waals surface area contributed by atoms with Crippen LogP contribution in [0.25, 0.3) is 11.0 Å². The minimum atomic E-state index is -3.66. The largest absolute Gasteiger partial charge is 0.497 e. The number of alkyl carbamates (subject to hydrolysis) is 1. The van der Waals surface area contributed by atoms with Crippen LogP contribution in [0.4, 0.5) is 13.6 Å². The van der Waals surface area contributed by atoms with Gasteiger partial charge in [-0.1, -0.05) is 27.7 Å². The molecule has 1 saturated heterocycles. The molecule has 11 nitrogen and oxygen atoms in total. The van der Waals surface area contributed by atoms with Gasteiger partial charge in [-0.2, -0.15) is 8.78 Å². The molecule has 2 fully saturated rings.